The lowest BCUT2D eigenvalue weighted by Crippen LogP contribution is -2.40. The topological polar surface area (TPSA) is 90.1 Å². The highest BCUT2D eigenvalue weighted by Crippen LogP contribution is 2.18. The van der Waals surface area contributed by atoms with E-state index >= 15 is 0 Å². The van der Waals surface area contributed by atoms with Crippen LogP contribution in [0.5, 0.6) is 0 Å². The Morgan fingerprint density at radius 1 is 1.27 bits per heavy atom. The molecule has 0 radical (unpaired) electrons. The SMILES string of the molecule is CC(=O)C(C(=O)N(C)C)n1cnc2c(cnn2-c2cccc(Cl)c2)c1=O. The summed E-state index contributed by atoms with van der Waals surface area (Å²) in [4.78, 5) is 42.6. The van der Waals surface area contributed by atoms with Crippen molar-refractivity contribution in [3.8, 4) is 5.69 Å². The first-order valence-electron chi connectivity index (χ1n) is 7.73. The molecule has 0 aliphatic carbocycles. The minimum absolute atomic E-state index is 0.199. The lowest BCUT2D eigenvalue weighted by atomic mass is 10.1. The van der Waals surface area contributed by atoms with Crippen molar-refractivity contribution in [2.75, 3.05) is 14.1 Å². The van der Waals surface area contributed by atoms with Gasteiger partial charge in [-0.25, -0.2) is 9.67 Å². The van der Waals surface area contributed by atoms with E-state index in [9.17, 15) is 14.4 Å². The Morgan fingerprint density at radius 2 is 2.00 bits per heavy atom. The largest absolute Gasteiger partial charge is 0.347 e. The quantitative estimate of drug-likeness (QED) is 0.646. The van der Waals surface area contributed by atoms with Crippen molar-refractivity contribution in [1.29, 1.82) is 0 Å². The van der Waals surface area contributed by atoms with Crippen molar-refractivity contribution in [1.82, 2.24) is 24.2 Å². The van der Waals surface area contributed by atoms with Gasteiger partial charge in [-0.3, -0.25) is 19.0 Å². The molecule has 0 saturated heterocycles. The van der Waals surface area contributed by atoms with Crippen LogP contribution >= 0.6 is 11.6 Å². The number of benzene rings is 1. The van der Waals surface area contributed by atoms with Crippen molar-refractivity contribution in [2.45, 2.75) is 13.0 Å². The first kappa shape index (κ1) is 17.8. The summed E-state index contributed by atoms with van der Waals surface area (Å²) in [6.07, 6.45) is 2.56. The van der Waals surface area contributed by atoms with Gasteiger partial charge in [-0.1, -0.05) is 17.7 Å². The molecule has 0 saturated carbocycles. The van der Waals surface area contributed by atoms with Crippen LogP contribution in [0.3, 0.4) is 0 Å². The van der Waals surface area contributed by atoms with Gasteiger partial charge in [-0.15, -0.1) is 0 Å². The smallest absolute Gasteiger partial charge is 0.265 e. The fourth-order valence-corrected chi connectivity index (χ4v) is 2.82. The van der Waals surface area contributed by atoms with Gasteiger partial charge in [-0.05, 0) is 25.1 Å². The Bertz CT molecular complexity index is 1070. The third-order valence-corrected chi connectivity index (χ3v) is 4.14. The normalized spacial score (nSPS) is 12.2. The van der Waals surface area contributed by atoms with Crippen LogP contribution in [0.2, 0.25) is 5.02 Å². The van der Waals surface area contributed by atoms with Gasteiger partial charge in [0.25, 0.3) is 11.5 Å². The second kappa shape index (κ2) is 6.72. The Labute approximate surface area is 153 Å². The monoisotopic (exact) mass is 373 g/mol. The number of Topliss-reactive ketones (excluding diaryl/α,β-unsaturated/α-hetero) is 1. The minimum Gasteiger partial charge on any atom is -0.347 e. The molecular formula is C17H16ClN5O3. The van der Waals surface area contributed by atoms with Crippen LogP contribution in [0.25, 0.3) is 16.7 Å². The van der Waals surface area contributed by atoms with Crippen molar-refractivity contribution in [3.05, 3.63) is 52.2 Å². The summed E-state index contributed by atoms with van der Waals surface area (Å²) in [5.41, 5.74) is 0.441. The van der Waals surface area contributed by atoms with Crippen LogP contribution in [0.4, 0.5) is 0 Å². The number of halogens is 1. The number of carbonyl (C=O) groups excluding carboxylic acids is 2. The number of carbonyl (C=O) groups is 2. The van der Waals surface area contributed by atoms with Gasteiger partial charge in [0.1, 0.15) is 11.7 Å². The van der Waals surface area contributed by atoms with E-state index in [2.05, 4.69) is 10.1 Å². The molecule has 1 amide bonds. The molecule has 0 fully saturated rings. The van der Waals surface area contributed by atoms with E-state index in [-0.39, 0.29) is 5.39 Å². The highest BCUT2D eigenvalue weighted by molar-refractivity contribution is 6.30. The van der Waals surface area contributed by atoms with E-state index in [4.69, 9.17) is 11.6 Å². The average molecular weight is 374 g/mol. The Balaban J connectivity index is 2.18. The molecule has 2 heterocycles. The van der Waals surface area contributed by atoms with E-state index in [1.54, 1.807) is 24.3 Å². The molecule has 1 aromatic carbocycles. The lowest BCUT2D eigenvalue weighted by Gasteiger charge is -2.20. The molecule has 0 aliphatic rings. The van der Waals surface area contributed by atoms with Crippen molar-refractivity contribution >= 4 is 34.3 Å². The van der Waals surface area contributed by atoms with Crippen molar-refractivity contribution in [2.24, 2.45) is 0 Å². The molecule has 8 nitrogen and oxygen atoms in total. The molecule has 1 unspecified atom stereocenters. The maximum absolute atomic E-state index is 12.8. The standard InChI is InChI=1S/C17H16ClN5O3/c1-10(24)14(17(26)21(2)3)22-9-19-15-13(16(22)25)8-20-23(15)12-6-4-5-11(18)7-12/h4-9,14H,1-3H3. The number of hydrogen-bond donors (Lipinski definition) is 0. The number of fused-ring (bicyclic) bond motifs is 1. The fourth-order valence-electron chi connectivity index (χ4n) is 2.64. The molecule has 3 aromatic rings. The molecule has 3 rings (SSSR count). The average Bonchev–Trinajstić information content (AvgIpc) is 3.01. The summed E-state index contributed by atoms with van der Waals surface area (Å²) in [6, 6.07) is 5.69. The van der Waals surface area contributed by atoms with Crippen molar-refractivity contribution in [3.63, 3.8) is 0 Å². The van der Waals surface area contributed by atoms with Gasteiger partial charge in [0.15, 0.2) is 17.5 Å². The Kier molecular flexibility index (Phi) is 4.60. The second-order valence-corrected chi connectivity index (χ2v) is 6.41. The van der Waals surface area contributed by atoms with Gasteiger partial charge in [-0.2, -0.15) is 5.10 Å². The predicted molar refractivity (Wildman–Crippen MR) is 96.5 cm³/mol. The molecule has 9 heteroatoms. The Morgan fingerprint density at radius 3 is 2.62 bits per heavy atom. The summed E-state index contributed by atoms with van der Waals surface area (Å²) >= 11 is 6.00. The number of likely N-dealkylation sites (N-methyl/N-ethyl adjacent to an activating group) is 1. The molecule has 0 N–H and O–H groups in total. The van der Waals surface area contributed by atoms with Gasteiger partial charge in [0.2, 0.25) is 0 Å². The third-order valence-electron chi connectivity index (χ3n) is 3.90. The third kappa shape index (κ3) is 2.99. The Hall–Kier alpha value is -3.00. The van der Waals surface area contributed by atoms with Gasteiger partial charge in [0, 0.05) is 19.1 Å². The maximum atomic E-state index is 12.8. The van der Waals surface area contributed by atoms with Crippen LogP contribution in [-0.4, -0.2) is 50.0 Å². The summed E-state index contributed by atoms with van der Waals surface area (Å²) in [6.45, 7) is 1.26. The van der Waals surface area contributed by atoms with E-state index in [0.717, 1.165) is 4.57 Å². The molecule has 134 valence electrons. The number of ketones is 1. The second-order valence-electron chi connectivity index (χ2n) is 5.98. The molecule has 1 atom stereocenters. The summed E-state index contributed by atoms with van der Waals surface area (Å²) in [7, 11) is 3.04. The first-order chi connectivity index (χ1) is 12.3. The number of hydrogen-bond acceptors (Lipinski definition) is 5. The van der Waals surface area contributed by atoms with Crippen molar-refractivity contribution < 1.29 is 9.59 Å². The zero-order valence-electron chi connectivity index (χ0n) is 14.4. The van der Waals surface area contributed by atoms with Gasteiger partial charge >= 0.3 is 0 Å². The highest BCUT2D eigenvalue weighted by atomic mass is 35.5. The van der Waals surface area contributed by atoms with E-state index in [1.165, 1.54) is 43.1 Å². The molecule has 26 heavy (non-hydrogen) atoms. The van der Waals surface area contributed by atoms with Gasteiger partial charge < -0.3 is 4.90 Å². The fraction of sp³-hybridized carbons (Fsp3) is 0.235. The summed E-state index contributed by atoms with van der Waals surface area (Å²) < 4.78 is 2.51. The van der Waals surface area contributed by atoms with Crippen LogP contribution < -0.4 is 5.56 Å². The number of rotatable bonds is 4. The van der Waals surface area contributed by atoms with Crippen LogP contribution in [0, 0.1) is 0 Å². The minimum atomic E-state index is -1.26. The number of aromatic nitrogens is 4. The lowest BCUT2D eigenvalue weighted by molar-refractivity contribution is -0.137. The summed E-state index contributed by atoms with van der Waals surface area (Å²) in [5.74, 6) is -0.947. The van der Waals surface area contributed by atoms with E-state index in [0.29, 0.717) is 16.4 Å². The molecule has 0 bridgehead atoms. The maximum Gasteiger partial charge on any atom is 0.265 e. The van der Waals surface area contributed by atoms with E-state index < -0.39 is 23.3 Å². The van der Waals surface area contributed by atoms with Crippen LogP contribution in [0.15, 0.2) is 41.6 Å². The predicted octanol–water partition coefficient (Wildman–Crippen LogP) is 1.45. The molecular weight excluding hydrogens is 358 g/mol. The van der Waals surface area contributed by atoms with Crippen LogP contribution in [0.1, 0.15) is 13.0 Å². The molecule has 2 aromatic heterocycles. The zero-order valence-corrected chi connectivity index (χ0v) is 15.1. The molecule has 0 spiro atoms. The zero-order chi connectivity index (χ0) is 19.0. The molecule has 0 aliphatic heterocycles. The highest BCUT2D eigenvalue weighted by Gasteiger charge is 2.29. The first-order valence-corrected chi connectivity index (χ1v) is 8.11. The van der Waals surface area contributed by atoms with Gasteiger partial charge in [0.05, 0.1) is 11.9 Å². The number of nitrogens with zero attached hydrogens (tertiary/aromatic N) is 5. The number of amides is 1. The van der Waals surface area contributed by atoms with E-state index in [1.807, 2.05) is 0 Å². The summed E-state index contributed by atoms with van der Waals surface area (Å²) in [5, 5.41) is 4.92. The van der Waals surface area contributed by atoms with Crippen LogP contribution in [-0.2, 0) is 9.59 Å².